The highest BCUT2D eigenvalue weighted by atomic mass is 19.4. The summed E-state index contributed by atoms with van der Waals surface area (Å²) in [4.78, 5) is 11.6. The molecule has 0 amide bonds. The predicted molar refractivity (Wildman–Crippen MR) is 78.8 cm³/mol. The van der Waals surface area contributed by atoms with E-state index in [9.17, 15) is 18.0 Å². The van der Waals surface area contributed by atoms with Gasteiger partial charge in [-0.25, -0.2) is 0 Å². The summed E-state index contributed by atoms with van der Waals surface area (Å²) < 4.78 is 48.2. The Bertz CT molecular complexity index is 691. The first kappa shape index (κ1) is 16.9. The van der Waals surface area contributed by atoms with Gasteiger partial charge in [-0.2, -0.15) is 13.2 Å². The number of carbonyl (C=O) groups is 1. The topological polar surface area (TPSA) is 35.5 Å². The normalized spacial score (nSPS) is 11.2. The second-order valence-corrected chi connectivity index (χ2v) is 4.90. The third kappa shape index (κ3) is 4.25. The Morgan fingerprint density at radius 3 is 2.26 bits per heavy atom. The number of hydrogen-bond donors (Lipinski definition) is 0. The van der Waals surface area contributed by atoms with E-state index >= 15 is 0 Å². The Balaban J connectivity index is 2.15. The zero-order chi connectivity index (χ0) is 17.0. The molecule has 122 valence electrons. The van der Waals surface area contributed by atoms with Crippen LogP contribution in [0.5, 0.6) is 11.5 Å². The number of halogens is 3. The maximum absolute atomic E-state index is 12.5. The lowest BCUT2D eigenvalue weighted by atomic mass is 10.1. The highest BCUT2D eigenvalue weighted by Gasteiger charge is 2.29. The van der Waals surface area contributed by atoms with Crippen LogP contribution in [-0.2, 0) is 12.8 Å². The third-order valence-electron chi connectivity index (χ3n) is 3.24. The lowest BCUT2D eigenvalue weighted by Gasteiger charge is -2.12. The van der Waals surface area contributed by atoms with Crippen molar-refractivity contribution in [2.24, 2.45) is 0 Å². The average molecular weight is 324 g/mol. The van der Waals surface area contributed by atoms with E-state index in [4.69, 9.17) is 9.47 Å². The van der Waals surface area contributed by atoms with Gasteiger partial charge in [0.1, 0.15) is 18.1 Å². The number of alkyl halides is 3. The molecule has 23 heavy (non-hydrogen) atoms. The van der Waals surface area contributed by atoms with Crippen molar-refractivity contribution in [3.8, 4) is 11.5 Å². The van der Waals surface area contributed by atoms with E-state index in [1.807, 2.05) is 0 Å². The van der Waals surface area contributed by atoms with Crippen LogP contribution in [0.3, 0.4) is 0 Å². The van der Waals surface area contributed by atoms with Gasteiger partial charge in [-0.05, 0) is 36.8 Å². The Labute approximate surface area is 131 Å². The smallest absolute Gasteiger partial charge is 0.416 e. The quantitative estimate of drug-likeness (QED) is 0.760. The van der Waals surface area contributed by atoms with Crippen molar-refractivity contribution in [2.75, 3.05) is 7.11 Å². The van der Waals surface area contributed by atoms with Crippen LogP contribution in [0.2, 0.25) is 0 Å². The Kier molecular flexibility index (Phi) is 4.93. The Hall–Kier alpha value is -2.50. The van der Waals surface area contributed by atoms with Crippen LogP contribution in [0.25, 0.3) is 0 Å². The molecule has 0 bridgehead atoms. The molecule has 6 heteroatoms. The maximum Gasteiger partial charge on any atom is 0.416 e. The first-order chi connectivity index (χ1) is 10.8. The number of Topliss-reactive ketones (excluding diaryl/α,β-unsaturated/α-hetero) is 1. The molecule has 3 nitrogen and oxygen atoms in total. The minimum absolute atomic E-state index is 0.0472. The van der Waals surface area contributed by atoms with E-state index in [0.29, 0.717) is 22.6 Å². The molecular weight excluding hydrogens is 309 g/mol. The molecule has 0 radical (unpaired) electrons. The first-order valence-electron chi connectivity index (χ1n) is 6.79. The number of benzene rings is 2. The van der Waals surface area contributed by atoms with Crippen molar-refractivity contribution in [3.05, 3.63) is 59.2 Å². The molecule has 0 atom stereocenters. The molecular formula is C17H15F3O3. The summed E-state index contributed by atoms with van der Waals surface area (Å²) in [6.45, 7) is 1.46. The van der Waals surface area contributed by atoms with Crippen LogP contribution >= 0.6 is 0 Å². The minimum Gasteiger partial charge on any atom is -0.497 e. The van der Waals surface area contributed by atoms with E-state index in [-0.39, 0.29) is 12.4 Å². The number of ketones is 1. The lowest BCUT2D eigenvalue weighted by molar-refractivity contribution is -0.137. The molecule has 0 N–H and O–H groups in total. The lowest BCUT2D eigenvalue weighted by Crippen LogP contribution is -2.05. The third-order valence-corrected chi connectivity index (χ3v) is 3.24. The first-order valence-corrected chi connectivity index (χ1v) is 6.79. The summed E-state index contributed by atoms with van der Waals surface area (Å²) in [7, 11) is 1.49. The van der Waals surface area contributed by atoms with Crippen molar-refractivity contribution in [2.45, 2.75) is 19.7 Å². The zero-order valence-corrected chi connectivity index (χ0v) is 12.6. The van der Waals surface area contributed by atoms with Gasteiger partial charge in [0.2, 0.25) is 0 Å². The molecule has 0 aliphatic heterocycles. The van der Waals surface area contributed by atoms with Crippen molar-refractivity contribution in [1.82, 2.24) is 0 Å². The van der Waals surface area contributed by atoms with Crippen molar-refractivity contribution >= 4 is 5.78 Å². The fraction of sp³-hybridized carbons (Fsp3) is 0.235. The molecule has 2 aromatic carbocycles. The average Bonchev–Trinajstić information content (AvgIpc) is 2.52. The van der Waals surface area contributed by atoms with Gasteiger partial charge in [0.15, 0.2) is 5.78 Å². The summed E-state index contributed by atoms with van der Waals surface area (Å²) in [5, 5.41) is 0. The van der Waals surface area contributed by atoms with Crippen molar-refractivity contribution in [1.29, 1.82) is 0 Å². The number of hydrogen-bond acceptors (Lipinski definition) is 3. The van der Waals surface area contributed by atoms with Crippen LogP contribution in [0, 0.1) is 0 Å². The van der Waals surface area contributed by atoms with E-state index in [0.717, 1.165) is 12.1 Å². The molecule has 0 fully saturated rings. The summed E-state index contributed by atoms with van der Waals surface area (Å²) in [5.41, 5.74) is 0.236. The maximum atomic E-state index is 12.5. The van der Waals surface area contributed by atoms with Gasteiger partial charge in [-0.3, -0.25) is 4.79 Å². The number of carbonyl (C=O) groups excluding carboxylic acids is 1. The summed E-state index contributed by atoms with van der Waals surface area (Å²) in [5.74, 6) is 0.684. The Morgan fingerprint density at radius 2 is 1.74 bits per heavy atom. The van der Waals surface area contributed by atoms with Crippen LogP contribution < -0.4 is 9.47 Å². The molecule has 0 heterocycles. The van der Waals surface area contributed by atoms with Crippen molar-refractivity contribution < 1.29 is 27.4 Å². The molecule has 0 unspecified atom stereocenters. The molecule has 0 aliphatic carbocycles. The summed E-state index contributed by atoms with van der Waals surface area (Å²) in [6, 6.07) is 9.48. The zero-order valence-electron chi connectivity index (χ0n) is 12.6. The predicted octanol–water partition coefficient (Wildman–Crippen LogP) is 4.50. The van der Waals surface area contributed by atoms with Gasteiger partial charge >= 0.3 is 6.18 Å². The van der Waals surface area contributed by atoms with E-state index in [2.05, 4.69) is 0 Å². The molecule has 0 spiro atoms. The molecule has 0 saturated carbocycles. The van der Waals surface area contributed by atoms with Crippen LogP contribution in [0.15, 0.2) is 42.5 Å². The molecule has 0 aromatic heterocycles. The van der Waals surface area contributed by atoms with Gasteiger partial charge in [-0.15, -0.1) is 0 Å². The van der Waals surface area contributed by atoms with Crippen molar-refractivity contribution in [3.63, 3.8) is 0 Å². The molecule has 2 rings (SSSR count). The van der Waals surface area contributed by atoms with Gasteiger partial charge in [-0.1, -0.05) is 12.1 Å². The second kappa shape index (κ2) is 6.73. The highest BCUT2D eigenvalue weighted by molar-refractivity contribution is 5.97. The fourth-order valence-corrected chi connectivity index (χ4v) is 1.99. The monoisotopic (exact) mass is 324 g/mol. The SMILES string of the molecule is COc1ccc(C(C)=O)c(OCc2ccc(C(F)(F)F)cc2)c1. The summed E-state index contributed by atoms with van der Waals surface area (Å²) in [6.07, 6.45) is -4.37. The number of ether oxygens (including phenoxy) is 2. The summed E-state index contributed by atoms with van der Waals surface area (Å²) >= 11 is 0. The van der Waals surface area contributed by atoms with Gasteiger partial charge in [0, 0.05) is 6.07 Å². The largest absolute Gasteiger partial charge is 0.497 e. The van der Waals surface area contributed by atoms with Gasteiger partial charge in [0.25, 0.3) is 0 Å². The van der Waals surface area contributed by atoms with Gasteiger partial charge in [0.05, 0.1) is 18.2 Å². The van der Waals surface area contributed by atoms with Crippen LogP contribution in [0.1, 0.15) is 28.4 Å². The van der Waals surface area contributed by atoms with E-state index in [1.54, 1.807) is 18.2 Å². The fourth-order valence-electron chi connectivity index (χ4n) is 1.99. The number of rotatable bonds is 5. The highest BCUT2D eigenvalue weighted by Crippen LogP contribution is 2.30. The minimum atomic E-state index is -4.37. The van der Waals surface area contributed by atoms with E-state index in [1.165, 1.54) is 26.2 Å². The molecule has 0 saturated heterocycles. The Morgan fingerprint density at radius 1 is 1.09 bits per heavy atom. The standard InChI is InChI=1S/C17H15F3O3/c1-11(21)15-8-7-14(22-2)9-16(15)23-10-12-3-5-13(6-4-12)17(18,19)20/h3-9H,10H2,1-2H3. The molecule has 0 aliphatic rings. The van der Waals surface area contributed by atoms with E-state index < -0.39 is 11.7 Å². The van der Waals surface area contributed by atoms with Gasteiger partial charge < -0.3 is 9.47 Å². The second-order valence-electron chi connectivity index (χ2n) is 4.90. The van der Waals surface area contributed by atoms with Crippen LogP contribution in [0.4, 0.5) is 13.2 Å². The number of methoxy groups -OCH3 is 1. The van der Waals surface area contributed by atoms with Crippen LogP contribution in [-0.4, -0.2) is 12.9 Å². The molecule has 2 aromatic rings.